The number of ether oxygens (including phenoxy) is 1. The zero-order valence-electron chi connectivity index (χ0n) is 12.4. The smallest absolute Gasteiger partial charge is 0.262 e. The lowest BCUT2D eigenvalue weighted by Gasteiger charge is -2.10. The summed E-state index contributed by atoms with van der Waals surface area (Å²) in [6, 6.07) is 12.4. The second-order valence-electron chi connectivity index (χ2n) is 4.91. The van der Waals surface area contributed by atoms with Crippen LogP contribution >= 0.6 is 15.9 Å². The SMILES string of the molecule is CC(=O)c1cccc(NC(=O)COc2ccc(C)cc2Br)c1. The molecule has 0 saturated heterocycles. The van der Waals surface area contributed by atoms with Gasteiger partial charge in [0, 0.05) is 11.3 Å². The molecule has 0 aliphatic heterocycles. The lowest BCUT2D eigenvalue weighted by molar-refractivity contribution is -0.118. The van der Waals surface area contributed by atoms with E-state index in [9.17, 15) is 9.59 Å². The first-order valence-electron chi connectivity index (χ1n) is 6.75. The first-order valence-corrected chi connectivity index (χ1v) is 7.55. The van der Waals surface area contributed by atoms with Gasteiger partial charge in [0.25, 0.3) is 5.91 Å². The van der Waals surface area contributed by atoms with Crippen molar-refractivity contribution in [3.05, 3.63) is 58.1 Å². The fourth-order valence-electron chi connectivity index (χ4n) is 1.88. The molecule has 0 aromatic heterocycles. The zero-order valence-corrected chi connectivity index (χ0v) is 13.9. The number of aryl methyl sites for hydroxylation is 1. The Balaban J connectivity index is 1.95. The monoisotopic (exact) mass is 361 g/mol. The van der Waals surface area contributed by atoms with Crippen LogP contribution in [0.15, 0.2) is 46.9 Å². The standard InChI is InChI=1S/C17H16BrNO3/c1-11-6-7-16(15(18)8-11)22-10-17(21)19-14-5-3-4-13(9-14)12(2)20/h3-9H,10H2,1-2H3,(H,19,21). The number of hydrogen-bond acceptors (Lipinski definition) is 3. The molecule has 2 aromatic carbocycles. The number of amides is 1. The number of nitrogens with one attached hydrogen (secondary N) is 1. The number of hydrogen-bond donors (Lipinski definition) is 1. The fraction of sp³-hybridized carbons (Fsp3) is 0.176. The lowest BCUT2D eigenvalue weighted by Crippen LogP contribution is -2.20. The summed E-state index contributed by atoms with van der Waals surface area (Å²) in [4.78, 5) is 23.2. The highest BCUT2D eigenvalue weighted by atomic mass is 79.9. The third-order valence-electron chi connectivity index (χ3n) is 3.00. The summed E-state index contributed by atoms with van der Waals surface area (Å²) in [5.74, 6) is 0.280. The van der Waals surface area contributed by atoms with Crippen molar-refractivity contribution in [3.8, 4) is 5.75 Å². The Morgan fingerprint density at radius 3 is 2.64 bits per heavy atom. The van der Waals surface area contributed by atoms with Crippen LogP contribution in [-0.4, -0.2) is 18.3 Å². The lowest BCUT2D eigenvalue weighted by atomic mass is 10.1. The second-order valence-corrected chi connectivity index (χ2v) is 5.76. The summed E-state index contributed by atoms with van der Waals surface area (Å²) in [5.41, 5.74) is 2.23. The predicted octanol–water partition coefficient (Wildman–Crippen LogP) is 3.98. The van der Waals surface area contributed by atoms with Gasteiger partial charge < -0.3 is 10.1 Å². The summed E-state index contributed by atoms with van der Waals surface area (Å²) in [6.45, 7) is 3.36. The van der Waals surface area contributed by atoms with E-state index in [0.29, 0.717) is 17.0 Å². The molecule has 0 radical (unpaired) electrons. The molecule has 114 valence electrons. The van der Waals surface area contributed by atoms with Crippen molar-refractivity contribution in [2.24, 2.45) is 0 Å². The van der Waals surface area contributed by atoms with Crippen LogP contribution in [0.2, 0.25) is 0 Å². The highest BCUT2D eigenvalue weighted by Crippen LogP contribution is 2.25. The third-order valence-corrected chi connectivity index (χ3v) is 3.62. The maximum absolute atomic E-state index is 11.9. The Labute approximate surface area is 137 Å². The fourth-order valence-corrected chi connectivity index (χ4v) is 2.49. The molecule has 0 saturated carbocycles. The molecular weight excluding hydrogens is 346 g/mol. The zero-order chi connectivity index (χ0) is 16.1. The minimum atomic E-state index is -0.284. The summed E-state index contributed by atoms with van der Waals surface area (Å²) in [6.07, 6.45) is 0. The molecule has 2 rings (SSSR count). The minimum Gasteiger partial charge on any atom is -0.483 e. The molecule has 0 bridgehead atoms. The molecule has 0 atom stereocenters. The van der Waals surface area contributed by atoms with Crippen LogP contribution in [0.1, 0.15) is 22.8 Å². The minimum absolute atomic E-state index is 0.0454. The van der Waals surface area contributed by atoms with Crippen molar-refractivity contribution in [1.82, 2.24) is 0 Å². The van der Waals surface area contributed by atoms with E-state index in [1.165, 1.54) is 6.92 Å². The molecular formula is C17H16BrNO3. The Bertz CT molecular complexity index is 713. The van der Waals surface area contributed by atoms with Gasteiger partial charge in [0.15, 0.2) is 12.4 Å². The van der Waals surface area contributed by atoms with E-state index in [-0.39, 0.29) is 18.3 Å². The largest absolute Gasteiger partial charge is 0.483 e. The van der Waals surface area contributed by atoms with E-state index in [1.807, 2.05) is 25.1 Å². The van der Waals surface area contributed by atoms with Gasteiger partial charge in [-0.25, -0.2) is 0 Å². The Hall–Kier alpha value is -2.14. The Kier molecular flexibility index (Phi) is 5.33. The van der Waals surface area contributed by atoms with Crippen LogP contribution in [0.5, 0.6) is 5.75 Å². The van der Waals surface area contributed by atoms with Crippen LogP contribution in [-0.2, 0) is 4.79 Å². The molecule has 0 aliphatic rings. The highest BCUT2D eigenvalue weighted by molar-refractivity contribution is 9.10. The van der Waals surface area contributed by atoms with Gasteiger partial charge in [0.1, 0.15) is 5.75 Å². The molecule has 22 heavy (non-hydrogen) atoms. The number of carbonyl (C=O) groups is 2. The van der Waals surface area contributed by atoms with E-state index in [1.54, 1.807) is 24.3 Å². The van der Waals surface area contributed by atoms with E-state index in [4.69, 9.17) is 4.74 Å². The molecule has 0 fully saturated rings. The number of benzene rings is 2. The van der Waals surface area contributed by atoms with Gasteiger partial charge in [0.2, 0.25) is 0 Å². The molecule has 0 heterocycles. The number of ketones is 1. The van der Waals surface area contributed by atoms with Crippen LogP contribution in [0.4, 0.5) is 5.69 Å². The Morgan fingerprint density at radius 2 is 1.95 bits per heavy atom. The van der Waals surface area contributed by atoms with Gasteiger partial charge in [-0.2, -0.15) is 0 Å². The van der Waals surface area contributed by atoms with Crippen LogP contribution in [0.25, 0.3) is 0 Å². The maximum Gasteiger partial charge on any atom is 0.262 e. The summed E-state index contributed by atoms with van der Waals surface area (Å²) >= 11 is 3.40. The molecule has 4 nitrogen and oxygen atoms in total. The first-order chi connectivity index (χ1) is 10.5. The molecule has 0 unspecified atom stereocenters. The summed E-state index contributed by atoms with van der Waals surface area (Å²) in [7, 11) is 0. The van der Waals surface area contributed by atoms with Gasteiger partial charge in [-0.1, -0.05) is 18.2 Å². The van der Waals surface area contributed by atoms with Crippen molar-refractivity contribution >= 4 is 33.3 Å². The number of Topliss-reactive ketones (excluding diaryl/α,β-unsaturated/α-hetero) is 1. The number of carbonyl (C=O) groups excluding carboxylic acids is 2. The molecule has 0 spiro atoms. The summed E-state index contributed by atoms with van der Waals surface area (Å²) < 4.78 is 6.28. The van der Waals surface area contributed by atoms with Gasteiger partial charge in [0.05, 0.1) is 4.47 Å². The van der Waals surface area contributed by atoms with Crippen LogP contribution in [0, 0.1) is 6.92 Å². The van der Waals surface area contributed by atoms with Gasteiger partial charge in [-0.15, -0.1) is 0 Å². The third kappa shape index (κ3) is 4.43. The molecule has 0 aliphatic carbocycles. The van der Waals surface area contributed by atoms with Crippen molar-refractivity contribution in [1.29, 1.82) is 0 Å². The van der Waals surface area contributed by atoms with Crippen LogP contribution in [0.3, 0.4) is 0 Å². The average molecular weight is 362 g/mol. The van der Waals surface area contributed by atoms with E-state index >= 15 is 0 Å². The van der Waals surface area contributed by atoms with E-state index in [2.05, 4.69) is 21.2 Å². The number of anilines is 1. The highest BCUT2D eigenvalue weighted by Gasteiger charge is 2.07. The van der Waals surface area contributed by atoms with E-state index < -0.39 is 0 Å². The summed E-state index contributed by atoms with van der Waals surface area (Å²) in [5, 5.41) is 2.71. The van der Waals surface area contributed by atoms with Crippen molar-refractivity contribution in [3.63, 3.8) is 0 Å². The molecule has 5 heteroatoms. The van der Waals surface area contributed by atoms with Gasteiger partial charge >= 0.3 is 0 Å². The second kappa shape index (κ2) is 7.22. The molecule has 1 N–H and O–H groups in total. The van der Waals surface area contributed by atoms with Gasteiger partial charge in [-0.3, -0.25) is 9.59 Å². The molecule has 1 amide bonds. The van der Waals surface area contributed by atoms with Crippen molar-refractivity contribution in [2.45, 2.75) is 13.8 Å². The predicted molar refractivity (Wildman–Crippen MR) is 89.5 cm³/mol. The van der Waals surface area contributed by atoms with Crippen molar-refractivity contribution in [2.75, 3.05) is 11.9 Å². The van der Waals surface area contributed by atoms with Gasteiger partial charge in [-0.05, 0) is 59.6 Å². The van der Waals surface area contributed by atoms with Crippen LogP contribution < -0.4 is 10.1 Å². The van der Waals surface area contributed by atoms with E-state index in [0.717, 1.165) is 10.0 Å². The Morgan fingerprint density at radius 1 is 1.18 bits per heavy atom. The maximum atomic E-state index is 11.9. The molecule has 2 aromatic rings. The average Bonchev–Trinajstić information content (AvgIpc) is 2.46. The topological polar surface area (TPSA) is 55.4 Å². The first kappa shape index (κ1) is 16.2. The quantitative estimate of drug-likeness (QED) is 0.819. The van der Waals surface area contributed by atoms with Crippen molar-refractivity contribution < 1.29 is 14.3 Å². The number of halogens is 1. The number of rotatable bonds is 5. The normalized spacial score (nSPS) is 10.1.